The lowest BCUT2D eigenvalue weighted by Crippen LogP contribution is -2.32. The Morgan fingerprint density at radius 1 is 0.875 bits per heavy atom. The van der Waals surface area contributed by atoms with Crippen LogP contribution in [0.5, 0.6) is 11.5 Å². The molecule has 4 aromatic carbocycles. The fraction of sp³-hybridized carbons (Fsp3) is 0.0690. The fourth-order valence-electron chi connectivity index (χ4n) is 4.79. The van der Waals surface area contributed by atoms with Crippen molar-refractivity contribution < 1.29 is 20.3 Å². The predicted octanol–water partition coefficient (Wildman–Crippen LogP) is 6.84. The lowest BCUT2D eigenvalue weighted by Gasteiger charge is -2.23. The molecular formula is C29H21N2O+. The van der Waals surface area contributed by atoms with Gasteiger partial charge in [0.1, 0.15) is 18.5 Å². The normalized spacial score (nSPS) is 15.8. The molecule has 7 rings (SSSR count). The van der Waals surface area contributed by atoms with Crippen LogP contribution < -0.4 is 9.30 Å². The fourth-order valence-corrected chi connectivity index (χ4v) is 4.79. The first-order valence-electron chi connectivity index (χ1n) is 14.3. The lowest BCUT2D eigenvalue weighted by molar-refractivity contribution is -0.660. The smallest absolute Gasteiger partial charge is 0.258 e. The molecule has 6 aromatic rings. The van der Waals surface area contributed by atoms with E-state index in [0.717, 1.165) is 27.6 Å². The summed E-state index contributed by atoms with van der Waals surface area (Å²) in [7, 11) is 1.89. The average molecular weight is 422 g/mol. The minimum Gasteiger partial charge on any atom is -0.447 e. The van der Waals surface area contributed by atoms with Crippen LogP contribution in [0.25, 0.3) is 49.5 Å². The van der Waals surface area contributed by atoms with Crippen LogP contribution >= 0.6 is 0 Å². The second-order valence-corrected chi connectivity index (χ2v) is 7.99. The highest BCUT2D eigenvalue weighted by Gasteiger charge is 2.32. The van der Waals surface area contributed by atoms with Crippen LogP contribution in [0.2, 0.25) is 0 Å². The zero-order valence-corrected chi connectivity index (χ0v) is 17.3. The highest BCUT2D eigenvalue weighted by molar-refractivity contribution is 6.10. The van der Waals surface area contributed by atoms with Gasteiger partial charge in [0, 0.05) is 22.2 Å². The summed E-state index contributed by atoms with van der Waals surface area (Å²) in [6, 6.07) is 8.30. The van der Waals surface area contributed by atoms with Crippen LogP contribution in [0.15, 0.2) is 90.9 Å². The number of rotatable bonds is 1. The Morgan fingerprint density at radius 2 is 1.59 bits per heavy atom. The molecule has 0 unspecified atom stereocenters. The van der Waals surface area contributed by atoms with Crippen LogP contribution in [0, 0.1) is 6.92 Å². The molecule has 0 aliphatic carbocycles. The second-order valence-electron chi connectivity index (χ2n) is 7.99. The maximum absolute atomic E-state index is 8.85. The molecule has 0 amide bonds. The van der Waals surface area contributed by atoms with E-state index >= 15 is 0 Å². The van der Waals surface area contributed by atoms with E-state index in [1.54, 1.807) is 6.07 Å². The molecule has 3 nitrogen and oxygen atoms in total. The van der Waals surface area contributed by atoms with Crippen molar-refractivity contribution in [2.24, 2.45) is 7.05 Å². The van der Waals surface area contributed by atoms with Crippen molar-refractivity contribution in [2.75, 3.05) is 0 Å². The van der Waals surface area contributed by atoms with Gasteiger partial charge in [0.15, 0.2) is 6.20 Å². The first kappa shape index (κ1) is 11.5. The first-order valence-corrected chi connectivity index (χ1v) is 10.3. The molecule has 0 spiro atoms. The number of pyridine rings is 1. The second kappa shape index (κ2) is 6.21. The third-order valence-electron chi connectivity index (χ3n) is 6.19. The highest BCUT2D eigenvalue weighted by Crippen LogP contribution is 2.49. The molecule has 0 bridgehead atoms. The van der Waals surface area contributed by atoms with Gasteiger partial charge >= 0.3 is 0 Å². The zero-order chi connectivity index (χ0) is 28.4. The number of aryl methyl sites for hydroxylation is 2. The molecule has 0 saturated heterocycles. The van der Waals surface area contributed by atoms with Gasteiger partial charge in [0.05, 0.1) is 27.6 Å². The zero-order valence-electron chi connectivity index (χ0n) is 25.3. The van der Waals surface area contributed by atoms with Crippen molar-refractivity contribution in [1.82, 2.24) is 4.57 Å². The summed E-state index contributed by atoms with van der Waals surface area (Å²) in [5, 5.41) is 2.02. The number of benzene rings is 4. The molecule has 0 saturated carbocycles. The topological polar surface area (TPSA) is 18.0 Å². The predicted molar refractivity (Wildman–Crippen MR) is 130 cm³/mol. The van der Waals surface area contributed by atoms with Crippen LogP contribution in [0.3, 0.4) is 0 Å². The molecular weight excluding hydrogens is 392 g/mol. The minimum absolute atomic E-state index is 0.0319. The van der Waals surface area contributed by atoms with E-state index in [9.17, 15) is 0 Å². The summed E-state index contributed by atoms with van der Waals surface area (Å²) in [6.45, 7) is 2.01. The Hall–Kier alpha value is -4.11. The summed E-state index contributed by atoms with van der Waals surface area (Å²) in [4.78, 5) is 0. The Bertz CT molecular complexity index is 2070. The molecule has 0 fully saturated rings. The van der Waals surface area contributed by atoms with Crippen molar-refractivity contribution in [3.63, 3.8) is 0 Å². The molecule has 152 valence electrons. The summed E-state index contributed by atoms with van der Waals surface area (Å²) >= 11 is 0. The maximum atomic E-state index is 8.85. The molecule has 1 aliphatic heterocycles. The van der Waals surface area contributed by atoms with Gasteiger partial charge in [-0.1, -0.05) is 60.5 Å². The number of para-hydroxylation sites is 2. The number of hydrogen-bond acceptors (Lipinski definition) is 1. The van der Waals surface area contributed by atoms with Gasteiger partial charge in [0.2, 0.25) is 5.75 Å². The molecule has 3 heterocycles. The molecule has 0 atom stereocenters. The monoisotopic (exact) mass is 421 g/mol. The summed E-state index contributed by atoms with van der Waals surface area (Å²) in [6.07, 6.45) is 1.82. The number of hydrogen-bond donors (Lipinski definition) is 0. The van der Waals surface area contributed by atoms with Crippen LogP contribution in [-0.4, -0.2) is 4.57 Å². The molecule has 2 aromatic heterocycles. The van der Waals surface area contributed by atoms with E-state index in [4.69, 9.17) is 15.7 Å². The van der Waals surface area contributed by atoms with Gasteiger partial charge in [-0.05, 0) is 36.0 Å². The molecule has 3 heteroatoms. The largest absolute Gasteiger partial charge is 0.447 e. The SMILES string of the molecule is [2H]c1c([2H])c([2H])c2c(c1[2H])c1c([2H])c([2H])c([2H])c([2H])c1n2-c1cc[n+](C)c2c1Oc1cccc3ccc(C)c-2c13. The van der Waals surface area contributed by atoms with E-state index in [-0.39, 0.29) is 46.0 Å². The first-order chi connectivity index (χ1) is 19.0. The van der Waals surface area contributed by atoms with Crippen molar-refractivity contribution in [3.05, 3.63) is 96.5 Å². The third kappa shape index (κ3) is 2.17. The molecule has 32 heavy (non-hydrogen) atoms. The Labute approximate surface area is 197 Å². The number of nitrogens with zero attached hydrogens (tertiary/aromatic N) is 2. The van der Waals surface area contributed by atoms with Crippen molar-refractivity contribution in [3.8, 4) is 28.4 Å². The van der Waals surface area contributed by atoms with Gasteiger partial charge in [-0.15, -0.1) is 0 Å². The highest BCUT2D eigenvalue weighted by atomic mass is 16.5. The summed E-state index contributed by atoms with van der Waals surface area (Å²) in [5.41, 5.74) is 3.24. The van der Waals surface area contributed by atoms with E-state index in [2.05, 4.69) is 0 Å². The quantitative estimate of drug-likeness (QED) is 0.265. The van der Waals surface area contributed by atoms with E-state index in [1.807, 2.05) is 55.1 Å². The Balaban J connectivity index is 1.75. The third-order valence-corrected chi connectivity index (χ3v) is 6.19. The van der Waals surface area contributed by atoms with E-state index < -0.39 is 24.2 Å². The van der Waals surface area contributed by atoms with E-state index in [1.165, 1.54) is 4.57 Å². The van der Waals surface area contributed by atoms with Gasteiger partial charge in [-0.2, -0.15) is 4.57 Å². The molecule has 0 N–H and O–H groups in total. The van der Waals surface area contributed by atoms with Crippen LogP contribution in [-0.2, 0) is 7.05 Å². The number of aromatic nitrogens is 2. The van der Waals surface area contributed by atoms with Crippen LogP contribution in [0.1, 0.15) is 16.5 Å². The number of ether oxygens (including phenoxy) is 1. The van der Waals surface area contributed by atoms with Crippen molar-refractivity contribution in [1.29, 1.82) is 0 Å². The minimum atomic E-state index is -0.474. The van der Waals surface area contributed by atoms with Crippen molar-refractivity contribution >= 4 is 32.6 Å². The van der Waals surface area contributed by atoms with Crippen molar-refractivity contribution in [2.45, 2.75) is 6.92 Å². The Kier molecular flexibility index (Phi) is 2.23. The lowest BCUT2D eigenvalue weighted by atomic mass is 9.93. The van der Waals surface area contributed by atoms with Gasteiger partial charge in [0.25, 0.3) is 5.69 Å². The summed E-state index contributed by atoms with van der Waals surface area (Å²) in [5.74, 6) is 1.04. The van der Waals surface area contributed by atoms with Crippen LogP contribution in [0.4, 0.5) is 0 Å². The summed E-state index contributed by atoms with van der Waals surface area (Å²) < 4.78 is 78.5. The number of fused-ring (bicyclic) bond motifs is 5. The Morgan fingerprint density at radius 3 is 2.34 bits per heavy atom. The average Bonchev–Trinajstić information content (AvgIpc) is 3.30. The van der Waals surface area contributed by atoms with E-state index in [0.29, 0.717) is 17.2 Å². The van der Waals surface area contributed by atoms with Gasteiger partial charge in [-0.3, -0.25) is 0 Å². The van der Waals surface area contributed by atoms with Gasteiger partial charge < -0.3 is 9.30 Å². The van der Waals surface area contributed by atoms with Gasteiger partial charge in [-0.25, -0.2) is 0 Å². The standard InChI is InChI=1S/C29H21N2O/c1-18-14-15-19-8-7-13-25-27(19)26(18)28-29(32-25)24(16-17-30(28)2)31-22-11-5-3-9-20(22)21-10-4-6-12-23(21)31/h3-17H,1-2H3/q+1/i3D,4D,5D,6D,9D,10D,11D,12D. The maximum Gasteiger partial charge on any atom is 0.258 e. The molecule has 0 radical (unpaired) electrons. The molecule has 1 aliphatic rings.